The van der Waals surface area contributed by atoms with Crippen LogP contribution in [0.25, 0.3) is 0 Å². The second kappa shape index (κ2) is 16.0. The van der Waals surface area contributed by atoms with E-state index in [1.807, 2.05) is 0 Å². The van der Waals surface area contributed by atoms with Gasteiger partial charge in [0.25, 0.3) is 0 Å². The minimum atomic E-state index is -2.87. The van der Waals surface area contributed by atoms with Gasteiger partial charge in [-0.25, -0.2) is 0 Å². The highest BCUT2D eigenvalue weighted by Gasteiger charge is 1.93. The molecule has 62 valence electrons. The maximum atomic E-state index is 8.70. The van der Waals surface area contributed by atoms with Crippen LogP contribution in [-0.2, 0) is 9.13 Å². The molecule has 0 amide bonds. The molecular formula is CH8O7P2+2. The zero-order valence-electron chi connectivity index (χ0n) is 4.95. The topological polar surface area (TPSA) is 135 Å². The zero-order valence-corrected chi connectivity index (χ0v) is 6.74. The zero-order chi connectivity index (χ0) is 9.15. The summed E-state index contributed by atoms with van der Waals surface area (Å²) in [6.45, 7) is 0. The summed E-state index contributed by atoms with van der Waals surface area (Å²) in [4.78, 5) is 28.5. The van der Waals surface area contributed by atoms with Crippen LogP contribution in [-0.4, -0.2) is 31.8 Å². The van der Waals surface area contributed by atoms with Gasteiger partial charge in [-0.1, -0.05) is 0 Å². The first kappa shape index (κ1) is 16.5. The summed E-state index contributed by atoms with van der Waals surface area (Å²) >= 11 is 0. The van der Waals surface area contributed by atoms with Gasteiger partial charge in [-0.05, 0) is 0 Å². The molecule has 7 nitrogen and oxygen atoms in total. The summed E-state index contributed by atoms with van der Waals surface area (Å²) in [5.74, 6) is 0. The lowest BCUT2D eigenvalue weighted by molar-refractivity contribution is 0.399. The van der Waals surface area contributed by atoms with Crippen molar-refractivity contribution in [2.24, 2.45) is 0 Å². The summed E-state index contributed by atoms with van der Waals surface area (Å²) in [6, 6.07) is 0. The first-order chi connectivity index (χ1) is 4.46. The Labute approximate surface area is 58.5 Å². The Morgan fingerprint density at radius 2 is 0.800 bits per heavy atom. The van der Waals surface area contributed by atoms with E-state index >= 15 is 0 Å². The van der Waals surface area contributed by atoms with Crippen LogP contribution < -0.4 is 0 Å². The van der Waals surface area contributed by atoms with E-state index in [1.165, 1.54) is 0 Å². The van der Waals surface area contributed by atoms with Crippen LogP contribution in [0.3, 0.4) is 0 Å². The quantitative estimate of drug-likeness (QED) is 0.307. The lowest BCUT2D eigenvalue weighted by Gasteiger charge is -1.34. The van der Waals surface area contributed by atoms with Gasteiger partial charge < -0.3 is 5.11 Å². The third-order valence-electron chi connectivity index (χ3n) is 0. The van der Waals surface area contributed by atoms with Gasteiger partial charge in [-0.15, -0.1) is 19.6 Å². The number of rotatable bonds is 0. The summed E-state index contributed by atoms with van der Waals surface area (Å²) in [5, 5.41) is 7.00. The van der Waals surface area contributed by atoms with E-state index in [0.29, 0.717) is 0 Å². The number of aliphatic hydroxyl groups excluding tert-OH is 1. The first-order valence-electron chi connectivity index (χ1n) is 1.61. The van der Waals surface area contributed by atoms with E-state index in [4.69, 9.17) is 33.8 Å². The smallest absolute Gasteiger partial charge is 0.400 e. The van der Waals surface area contributed by atoms with Crippen LogP contribution in [0.15, 0.2) is 0 Å². The molecule has 0 radical (unpaired) electrons. The van der Waals surface area contributed by atoms with E-state index in [2.05, 4.69) is 0 Å². The van der Waals surface area contributed by atoms with Gasteiger partial charge in [0.1, 0.15) is 0 Å². The Morgan fingerprint density at radius 3 is 0.800 bits per heavy atom. The van der Waals surface area contributed by atoms with Crippen LogP contribution in [0.2, 0.25) is 0 Å². The van der Waals surface area contributed by atoms with Crippen LogP contribution in [0.4, 0.5) is 0 Å². The van der Waals surface area contributed by atoms with Gasteiger partial charge in [-0.2, -0.15) is 0 Å². The Hall–Kier alpha value is -0.0000000000000000416. The first-order valence-corrected chi connectivity index (χ1v) is 3.94. The average Bonchev–Trinajstić information content (AvgIpc) is 1.66. The highest BCUT2D eigenvalue weighted by molar-refractivity contribution is 7.31. The standard InChI is InChI=1S/CH4O.2HO3P/c1-2;2*1-4(2)3/h2H,1H3;2*(H-,1,2,3)/p+2. The molecule has 10 heavy (non-hydrogen) atoms. The third-order valence-corrected chi connectivity index (χ3v) is 0. The van der Waals surface area contributed by atoms with Gasteiger partial charge in [0.2, 0.25) is 0 Å². The molecule has 0 aromatic rings. The van der Waals surface area contributed by atoms with E-state index in [9.17, 15) is 0 Å². The van der Waals surface area contributed by atoms with Crippen molar-refractivity contribution >= 4 is 16.5 Å². The van der Waals surface area contributed by atoms with Gasteiger partial charge in [-0.3, -0.25) is 0 Å². The van der Waals surface area contributed by atoms with Crippen LogP contribution >= 0.6 is 16.5 Å². The molecule has 0 bridgehead atoms. The molecule has 0 heterocycles. The molecular weight excluding hydrogens is 186 g/mol. The fourth-order valence-corrected chi connectivity index (χ4v) is 0. The molecule has 0 atom stereocenters. The van der Waals surface area contributed by atoms with Gasteiger partial charge >= 0.3 is 16.5 Å². The second-order valence-electron chi connectivity index (χ2n) is 0.505. The van der Waals surface area contributed by atoms with Gasteiger partial charge in [0.15, 0.2) is 0 Å². The molecule has 0 fully saturated rings. The maximum absolute atomic E-state index is 8.70. The van der Waals surface area contributed by atoms with Gasteiger partial charge in [0.05, 0.1) is 0 Å². The van der Waals surface area contributed by atoms with E-state index in [0.717, 1.165) is 7.11 Å². The number of aliphatic hydroxyl groups is 1. The molecule has 9 heteroatoms. The van der Waals surface area contributed by atoms with Crippen molar-refractivity contribution in [2.75, 3.05) is 7.11 Å². The van der Waals surface area contributed by atoms with E-state index in [1.54, 1.807) is 0 Å². The average molecular weight is 194 g/mol. The second-order valence-corrected chi connectivity index (χ2v) is 1.52. The van der Waals surface area contributed by atoms with Crippen molar-refractivity contribution in [1.29, 1.82) is 0 Å². The summed E-state index contributed by atoms with van der Waals surface area (Å²) in [5.41, 5.74) is 0. The summed E-state index contributed by atoms with van der Waals surface area (Å²) in [7, 11) is -4.74. The number of hydrogen-bond donors (Lipinski definition) is 5. The summed E-state index contributed by atoms with van der Waals surface area (Å²) in [6.07, 6.45) is 0. The highest BCUT2D eigenvalue weighted by Crippen LogP contribution is 1.98. The largest absolute Gasteiger partial charge is 0.692 e. The van der Waals surface area contributed by atoms with Crippen LogP contribution in [0.1, 0.15) is 0 Å². The monoisotopic (exact) mass is 194 g/mol. The molecule has 0 aliphatic carbocycles. The Bertz CT molecular complexity index is 69.6. The Kier molecular flexibility index (Phi) is 26.4. The van der Waals surface area contributed by atoms with E-state index < -0.39 is 16.5 Å². The molecule has 0 aliphatic rings. The van der Waals surface area contributed by atoms with Crippen molar-refractivity contribution in [3.8, 4) is 0 Å². The lowest BCUT2D eigenvalue weighted by Crippen LogP contribution is -1.38. The van der Waals surface area contributed by atoms with Crippen molar-refractivity contribution in [3.05, 3.63) is 0 Å². The third kappa shape index (κ3) is 225999999999999998076295744533299200. The lowest BCUT2D eigenvalue weighted by atomic mass is 11.8. The van der Waals surface area contributed by atoms with Crippen molar-refractivity contribution in [1.82, 2.24) is 0 Å². The Balaban J connectivity index is -0.0000000787. The van der Waals surface area contributed by atoms with Crippen molar-refractivity contribution < 1.29 is 33.8 Å². The molecule has 0 unspecified atom stereocenters. The number of hydrogen-bond acceptors (Lipinski definition) is 3. The predicted molar refractivity (Wildman–Crippen MR) is 32.2 cm³/mol. The highest BCUT2D eigenvalue weighted by atomic mass is 31.1. The van der Waals surface area contributed by atoms with Crippen molar-refractivity contribution in [2.45, 2.75) is 0 Å². The molecule has 0 saturated heterocycles. The minimum Gasteiger partial charge on any atom is -0.400 e. The Morgan fingerprint density at radius 1 is 0.800 bits per heavy atom. The molecule has 0 aliphatic heterocycles. The molecule has 5 N–H and O–H groups in total. The molecule has 0 aromatic heterocycles. The normalized spacial score (nSPS) is 5.80. The molecule has 0 saturated carbocycles. The summed E-state index contributed by atoms with van der Waals surface area (Å²) < 4.78 is 17.4. The van der Waals surface area contributed by atoms with Crippen LogP contribution in [0, 0.1) is 0 Å². The molecule has 0 rings (SSSR count). The SMILES string of the molecule is CO.O=[P+](O)O.O=[P+](O)O. The predicted octanol–water partition coefficient (Wildman–Crippen LogP) is -1.13. The van der Waals surface area contributed by atoms with E-state index in [-0.39, 0.29) is 0 Å². The fourth-order valence-electron chi connectivity index (χ4n) is 0. The molecule has 0 spiro atoms. The van der Waals surface area contributed by atoms with Gasteiger partial charge in [0, 0.05) is 16.2 Å². The fraction of sp³-hybridized carbons (Fsp3) is 1.00. The molecule has 0 aromatic carbocycles. The van der Waals surface area contributed by atoms with Crippen LogP contribution in [0.5, 0.6) is 0 Å². The minimum absolute atomic E-state index is 1.00. The van der Waals surface area contributed by atoms with Crippen molar-refractivity contribution in [3.63, 3.8) is 0 Å². The maximum Gasteiger partial charge on any atom is 0.692 e.